The first-order valence-corrected chi connectivity index (χ1v) is 11.8. The number of aromatic nitrogens is 2. The van der Waals surface area contributed by atoms with Crippen LogP contribution < -0.4 is 14.8 Å². The van der Waals surface area contributed by atoms with Gasteiger partial charge in [0.2, 0.25) is 18.6 Å². The Balaban J connectivity index is 1.44. The smallest absolute Gasteiger partial charge is 0.244 e. The minimum Gasteiger partial charge on any atom is -0.454 e. The summed E-state index contributed by atoms with van der Waals surface area (Å²) in [4.78, 5) is 36.3. The second-order valence-corrected chi connectivity index (χ2v) is 9.02. The van der Waals surface area contributed by atoms with Gasteiger partial charge in [-0.1, -0.05) is 41.6 Å². The topological polar surface area (TPSA) is 93.7 Å². The van der Waals surface area contributed by atoms with Gasteiger partial charge in [-0.3, -0.25) is 9.59 Å². The van der Waals surface area contributed by atoms with Crippen LogP contribution in [-0.4, -0.2) is 45.8 Å². The first kappa shape index (κ1) is 23.6. The highest BCUT2D eigenvalue weighted by Crippen LogP contribution is 2.34. The molecule has 0 atom stereocenters. The van der Waals surface area contributed by atoms with Gasteiger partial charge in [0, 0.05) is 29.7 Å². The number of fused-ring (bicyclic) bond motifs is 1. The van der Waals surface area contributed by atoms with Crippen LogP contribution in [0.3, 0.4) is 0 Å². The van der Waals surface area contributed by atoms with Crippen molar-refractivity contribution in [1.29, 1.82) is 0 Å². The number of amides is 2. The van der Waals surface area contributed by atoms with Gasteiger partial charge in [-0.2, -0.15) is 0 Å². The summed E-state index contributed by atoms with van der Waals surface area (Å²) < 4.78 is 10.7. The number of benzene rings is 2. The van der Waals surface area contributed by atoms with Crippen LogP contribution in [0.25, 0.3) is 0 Å². The van der Waals surface area contributed by atoms with Crippen molar-refractivity contribution in [1.82, 2.24) is 14.9 Å². The molecule has 1 N–H and O–H groups in total. The molecule has 0 unspecified atom stereocenters. The average Bonchev–Trinajstić information content (AvgIpc) is 3.26. The Kier molecular flexibility index (Phi) is 7.32. The second kappa shape index (κ2) is 10.6. The quantitative estimate of drug-likeness (QED) is 0.388. The van der Waals surface area contributed by atoms with Gasteiger partial charge < -0.3 is 19.7 Å². The van der Waals surface area contributed by atoms with Crippen LogP contribution in [0.1, 0.15) is 22.5 Å². The number of hydrogen-bond donors (Lipinski definition) is 1. The van der Waals surface area contributed by atoms with E-state index in [1.165, 1.54) is 11.8 Å². The third-order valence-electron chi connectivity index (χ3n) is 5.12. The van der Waals surface area contributed by atoms with Crippen molar-refractivity contribution in [2.45, 2.75) is 32.5 Å². The molecule has 34 heavy (non-hydrogen) atoms. The Morgan fingerprint density at radius 2 is 1.68 bits per heavy atom. The molecule has 8 nitrogen and oxygen atoms in total. The Labute approximate surface area is 202 Å². The molecule has 4 rings (SSSR count). The third-order valence-corrected chi connectivity index (χ3v) is 5.96. The molecule has 0 spiro atoms. The molecular weight excluding hydrogens is 452 g/mol. The molecule has 2 aromatic carbocycles. The zero-order valence-corrected chi connectivity index (χ0v) is 20.1. The summed E-state index contributed by atoms with van der Waals surface area (Å²) in [6.07, 6.45) is 0. The van der Waals surface area contributed by atoms with E-state index in [2.05, 4.69) is 15.3 Å². The molecule has 2 heterocycles. The van der Waals surface area contributed by atoms with Gasteiger partial charge in [0.05, 0.1) is 5.75 Å². The van der Waals surface area contributed by atoms with Crippen molar-refractivity contribution in [3.8, 4) is 11.5 Å². The van der Waals surface area contributed by atoms with Gasteiger partial charge in [-0.15, -0.1) is 0 Å². The van der Waals surface area contributed by atoms with E-state index in [9.17, 15) is 9.59 Å². The summed E-state index contributed by atoms with van der Waals surface area (Å²) in [6.45, 7) is 6.19. The van der Waals surface area contributed by atoms with Crippen molar-refractivity contribution < 1.29 is 19.1 Å². The van der Waals surface area contributed by atoms with Gasteiger partial charge in [0.15, 0.2) is 16.7 Å². The molecule has 0 aliphatic carbocycles. The number of thioether (sulfide) groups is 1. The number of carbonyl (C=O) groups is 2. The molecule has 176 valence electrons. The highest BCUT2D eigenvalue weighted by atomic mass is 32.2. The van der Waals surface area contributed by atoms with E-state index in [0.717, 1.165) is 22.5 Å². The molecule has 0 radical (unpaired) electrons. The van der Waals surface area contributed by atoms with Gasteiger partial charge in [-0.05, 0) is 44.5 Å². The lowest BCUT2D eigenvalue weighted by atomic mass is 10.1. The number of ether oxygens (including phenoxy) is 2. The Bertz CT molecular complexity index is 1180. The standard InChI is InChI=1S/C25H26N4O4S/c1-16-4-6-19(7-5-16)12-29(24(31)14-34-25-26-17(2)10-18(3)27-25)13-23(30)28-20-8-9-21-22(11-20)33-15-32-21/h4-11H,12-15H2,1-3H3,(H,28,30). The molecule has 0 fully saturated rings. The molecule has 1 aliphatic rings. The molecule has 0 saturated heterocycles. The Morgan fingerprint density at radius 1 is 0.971 bits per heavy atom. The van der Waals surface area contributed by atoms with Crippen LogP contribution in [0.5, 0.6) is 11.5 Å². The SMILES string of the molecule is Cc1ccc(CN(CC(=O)Nc2ccc3c(c2)OCO3)C(=O)CSc2nc(C)cc(C)n2)cc1. The van der Waals surface area contributed by atoms with Gasteiger partial charge in [0.1, 0.15) is 6.54 Å². The van der Waals surface area contributed by atoms with Crippen LogP contribution >= 0.6 is 11.8 Å². The summed E-state index contributed by atoms with van der Waals surface area (Å²) in [5.41, 5.74) is 4.35. The van der Waals surface area contributed by atoms with Crippen molar-refractivity contribution in [2.24, 2.45) is 0 Å². The number of hydrogen-bond acceptors (Lipinski definition) is 7. The Morgan fingerprint density at radius 3 is 2.41 bits per heavy atom. The maximum absolute atomic E-state index is 13.1. The molecule has 1 aliphatic heterocycles. The normalized spacial score (nSPS) is 11.9. The van der Waals surface area contributed by atoms with E-state index < -0.39 is 0 Å². The molecule has 0 saturated carbocycles. The summed E-state index contributed by atoms with van der Waals surface area (Å²) in [5.74, 6) is 0.877. The van der Waals surface area contributed by atoms with Gasteiger partial charge >= 0.3 is 0 Å². The zero-order valence-electron chi connectivity index (χ0n) is 19.3. The highest BCUT2D eigenvalue weighted by Gasteiger charge is 2.20. The summed E-state index contributed by atoms with van der Waals surface area (Å²) in [5, 5.41) is 3.39. The number of anilines is 1. The van der Waals surface area contributed by atoms with E-state index >= 15 is 0 Å². The number of carbonyl (C=O) groups excluding carboxylic acids is 2. The Hall–Kier alpha value is -3.59. The highest BCUT2D eigenvalue weighted by molar-refractivity contribution is 7.99. The largest absolute Gasteiger partial charge is 0.454 e. The fraction of sp³-hybridized carbons (Fsp3) is 0.280. The lowest BCUT2D eigenvalue weighted by molar-refractivity contribution is -0.132. The monoisotopic (exact) mass is 478 g/mol. The minimum absolute atomic E-state index is 0.0879. The summed E-state index contributed by atoms with van der Waals surface area (Å²) in [7, 11) is 0. The average molecular weight is 479 g/mol. The van der Waals surface area contributed by atoms with E-state index in [-0.39, 0.29) is 30.9 Å². The van der Waals surface area contributed by atoms with E-state index in [1.807, 2.05) is 51.1 Å². The second-order valence-electron chi connectivity index (χ2n) is 8.07. The number of nitrogens with zero attached hydrogens (tertiary/aromatic N) is 3. The molecule has 3 aromatic rings. The number of aryl methyl sites for hydroxylation is 3. The van der Waals surface area contributed by atoms with Crippen LogP contribution in [0.2, 0.25) is 0 Å². The third kappa shape index (κ3) is 6.26. The number of nitrogens with one attached hydrogen (secondary N) is 1. The molecule has 2 amide bonds. The predicted octanol–water partition coefficient (Wildman–Crippen LogP) is 3.89. The van der Waals surface area contributed by atoms with Crippen LogP contribution in [0.4, 0.5) is 5.69 Å². The molecule has 9 heteroatoms. The van der Waals surface area contributed by atoms with E-state index in [0.29, 0.717) is 28.9 Å². The fourth-order valence-corrected chi connectivity index (χ4v) is 4.32. The van der Waals surface area contributed by atoms with Crippen molar-refractivity contribution in [3.05, 3.63) is 71.0 Å². The van der Waals surface area contributed by atoms with Crippen LogP contribution in [0, 0.1) is 20.8 Å². The van der Waals surface area contributed by atoms with Crippen molar-refractivity contribution >= 4 is 29.3 Å². The first-order chi connectivity index (χ1) is 16.4. The lowest BCUT2D eigenvalue weighted by Crippen LogP contribution is -2.38. The van der Waals surface area contributed by atoms with Crippen LogP contribution in [0.15, 0.2) is 53.7 Å². The van der Waals surface area contributed by atoms with Gasteiger partial charge in [-0.25, -0.2) is 9.97 Å². The molecule has 0 bridgehead atoms. The van der Waals surface area contributed by atoms with E-state index in [4.69, 9.17) is 9.47 Å². The minimum atomic E-state index is -0.299. The maximum Gasteiger partial charge on any atom is 0.244 e. The van der Waals surface area contributed by atoms with Crippen LogP contribution in [-0.2, 0) is 16.1 Å². The van der Waals surface area contributed by atoms with Gasteiger partial charge in [0.25, 0.3) is 0 Å². The predicted molar refractivity (Wildman–Crippen MR) is 130 cm³/mol. The first-order valence-electron chi connectivity index (χ1n) is 10.8. The maximum atomic E-state index is 13.1. The fourth-order valence-electron chi connectivity index (χ4n) is 3.47. The van der Waals surface area contributed by atoms with E-state index in [1.54, 1.807) is 23.1 Å². The van der Waals surface area contributed by atoms with Crippen molar-refractivity contribution in [3.63, 3.8) is 0 Å². The molecular formula is C25H26N4O4S. The number of rotatable bonds is 8. The lowest BCUT2D eigenvalue weighted by Gasteiger charge is -2.22. The van der Waals surface area contributed by atoms with Crippen molar-refractivity contribution in [2.75, 3.05) is 24.4 Å². The summed E-state index contributed by atoms with van der Waals surface area (Å²) >= 11 is 1.27. The molecule has 1 aromatic heterocycles. The zero-order chi connectivity index (χ0) is 24.1. The summed E-state index contributed by atoms with van der Waals surface area (Å²) in [6, 6.07) is 15.0.